The highest BCUT2D eigenvalue weighted by Crippen LogP contribution is 2.33. The largest absolute Gasteiger partial charge is 0.219 e. The zero-order chi connectivity index (χ0) is 18.1. The molecule has 0 unspecified atom stereocenters. The van der Waals surface area contributed by atoms with Crippen LogP contribution in [0, 0.1) is 13.8 Å². The van der Waals surface area contributed by atoms with Crippen LogP contribution in [0.4, 0.5) is 0 Å². The van der Waals surface area contributed by atoms with E-state index < -0.39 is 28.4 Å². The van der Waals surface area contributed by atoms with Crippen LogP contribution in [0.5, 0.6) is 0 Å². The zero-order valence-corrected chi connectivity index (χ0v) is 16.0. The standard InChI is InChI=1S/C16H14Cl2O4S2/c1-11-3-7-13(8-4-11)23(19,20)15(17)16(18)24(21,22)14-9-5-12(2)6-10-14/h3-10H,1-2H3. The van der Waals surface area contributed by atoms with Gasteiger partial charge in [-0.3, -0.25) is 0 Å². The van der Waals surface area contributed by atoms with Crippen LogP contribution in [0.2, 0.25) is 0 Å². The minimum Gasteiger partial charge on any atom is -0.218 e. The molecule has 0 atom stereocenters. The van der Waals surface area contributed by atoms with Gasteiger partial charge in [-0.1, -0.05) is 58.6 Å². The fourth-order valence-electron chi connectivity index (χ4n) is 1.85. The van der Waals surface area contributed by atoms with Crippen LogP contribution in [-0.2, 0) is 19.7 Å². The molecule has 0 heterocycles. The van der Waals surface area contributed by atoms with E-state index in [9.17, 15) is 16.8 Å². The molecule has 0 fully saturated rings. The molecule has 0 aliphatic rings. The number of benzene rings is 2. The molecule has 0 saturated carbocycles. The van der Waals surface area contributed by atoms with Crippen LogP contribution >= 0.6 is 23.2 Å². The van der Waals surface area contributed by atoms with Crippen molar-refractivity contribution in [1.82, 2.24) is 0 Å². The molecule has 8 heteroatoms. The first-order valence-electron chi connectivity index (χ1n) is 6.75. The van der Waals surface area contributed by atoms with E-state index in [1.165, 1.54) is 24.3 Å². The normalized spacial score (nSPS) is 13.5. The Hall–Kier alpha value is -1.34. The Kier molecular flexibility index (Phi) is 5.44. The quantitative estimate of drug-likeness (QED) is 0.766. The molecule has 0 bridgehead atoms. The van der Waals surface area contributed by atoms with Crippen molar-refractivity contribution in [2.45, 2.75) is 23.6 Å². The van der Waals surface area contributed by atoms with Gasteiger partial charge in [-0.05, 0) is 38.1 Å². The van der Waals surface area contributed by atoms with Crippen molar-refractivity contribution >= 4 is 42.9 Å². The fourth-order valence-corrected chi connectivity index (χ4v) is 5.48. The number of aryl methyl sites for hydroxylation is 2. The first-order valence-corrected chi connectivity index (χ1v) is 10.5. The third kappa shape index (κ3) is 3.67. The van der Waals surface area contributed by atoms with Crippen LogP contribution in [0.15, 0.2) is 67.1 Å². The van der Waals surface area contributed by atoms with Crippen LogP contribution in [-0.4, -0.2) is 16.8 Å². The Labute approximate surface area is 151 Å². The van der Waals surface area contributed by atoms with Gasteiger partial charge in [0.1, 0.15) is 0 Å². The van der Waals surface area contributed by atoms with Crippen molar-refractivity contribution < 1.29 is 16.8 Å². The first-order chi connectivity index (χ1) is 11.1. The van der Waals surface area contributed by atoms with Crippen LogP contribution < -0.4 is 0 Å². The summed E-state index contributed by atoms with van der Waals surface area (Å²) in [6, 6.07) is 11.7. The third-order valence-corrected chi connectivity index (χ3v) is 8.47. The molecule has 0 saturated heterocycles. The van der Waals surface area contributed by atoms with E-state index in [0.717, 1.165) is 11.1 Å². The lowest BCUT2D eigenvalue weighted by atomic mass is 10.2. The van der Waals surface area contributed by atoms with E-state index in [4.69, 9.17) is 23.2 Å². The van der Waals surface area contributed by atoms with E-state index in [1.54, 1.807) is 38.1 Å². The van der Waals surface area contributed by atoms with Gasteiger partial charge >= 0.3 is 0 Å². The lowest BCUT2D eigenvalue weighted by Gasteiger charge is -2.08. The summed E-state index contributed by atoms with van der Waals surface area (Å²) in [7, 11) is -8.44. The second kappa shape index (κ2) is 6.88. The Bertz CT molecular complexity index is 906. The summed E-state index contributed by atoms with van der Waals surface area (Å²) in [5.74, 6) is 0. The lowest BCUT2D eigenvalue weighted by Crippen LogP contribution is -2.08. The average molecular weight is 405 g/mol. The maximum absolute atomic E-state index is 12.5. The summed E-state index contributed by atoms with van der Waals surface area (Å²) >= 11 is 11.7. The molecule has 4 nitrogen and oxygen atoms in total. The molecule has 0 aromatic heterocycles. The Morgan fingerprint density at radius 1 is 0.625 bits per heavy atom. The molecule has 0 radical (unpaired) electrons. The van der Waals surface area contributed by atoms with Gasteiger partial charge in [0.25, 0.3) is 0 Å². The molecule has 0 aliphatic carbocycles. The first kappa shape index (κ1) is 19.0. The molecule has 0 amide bonds. The summed E-state index contributed by atoms with van der Waals surface area (Å²) in [6.07, 6.45) is 0. The van der Waals surface area contributed by atoms with E-state index in [-0.39, 0.29) is 9.79 Å². The highest BCUT2D eigenvalue weighted by molar-refractivity contribution is 8.01. The van der Waals surface area contributed by atoms with Gasteiger partial charge in [0.05, 0.1) is 9.79 Å². The lowest BCUT2D eigenvalue weighted by molar-refractivity contribution is 0.599. The van der Waals surface area contributed by atoms with Crippen LogP contribution in [0.25, 0.3) is 0 Å². The minimum absolute atomic E-state index is 0.129. The highest BCUT2D eigenvalue weighted by atomic mass is 35.5. The van der Waals surface area contributed by atoms with Gasteiger partial charge in [-0.2, -0.15) is 0 Å². The predicted molar refractivity (Wildman–Crippen MR) is 95.5 cm³/mol. The van der Waals surface area contributed by atoms with Crippen molar-refractivity contribution in [3.05, 3.63) is 68.4 Å². The summed E-state index contributed by atoms with van der Waals surface area (Å²) in [6.45, 7) is 3.59. The molecular formula is C16H14Cl2O4S2. The third-order valence-electron chi connectivity index (χ3n) is 3.29. The van der Waals surface area contributed by atoms with Crippen molar-refractivity contribution in [2.75, 3.05) is 0 Å². The van der Waals surface area contributed by atoms with E-state index >= 15 is 0 Å². The summed E-state index contributed by atoms with van der Waals surface area (Å²) in [5, 5.41) is 0. The van der Waals surface area contributed by atoms with Gasteiger partial charge in [0.15, 0.2) is 8.73 Å². The number of rotatable bonds is 4. The van der Waals surface area contributed by atoms with Crippen LogP contribution in [0.1, 0.15) is 11.1 Å². The second-order valence-corrected chi connectivity index (χ2v) is 10.2. The Morgan fingerprint density at radius 2 is 0.875 bits per heavy atom. The summed E-state index contributed by atoms with van der Waals surface area (Å²) in [4.78, 5) is -0.259. The molecule has 0 spiro atoms. The second-order valence-electron chi connectivity index (χ2n) is 5.18. The van der Waals surface area contributed by atoms with Crippen molar-refractivity contribution in [1.29, 1.82) is 0 Å². The highest BCUT2D eigenvalue weighted by Gasteiger charge is 2.30. The molecule has 0 N–H and O–H groups in total. The SMILES string of the molecule is Cc1ccc(S(=O)(=O)C(Cl)=C(Cl)S(=O)(=O)c2ccc(C)cc2)cc1. The van der Waals surface area contributed by atoms with Crippen molar-refractivity contribution in [3.8, 4) is 0 Å². The number of sulfone groups is 2. The van der Waals surface area contributed by atoms with E-state index in [1.807, 2.05) is 0 Å². The monoisotopic (exact) mass is 404 g/mol. The van der Waals surface area contributed by atoms with Gasteiger partial charge in [-0.15, -0.1) is 0 Å². The van der Waals surface area contributed by atoms with Gasteiger partial charge < -0.3 is 0 Å². The van der Waals surface area contributed by atoms with Crippen molar-refractivity contribution in [3.63, 3.8) is 0 Å². The predicted octanol–water partition coefficient (Wildman–Crippen LogP) is 4.16. The summed E-state index contributed by atoms with van der Waals surface area (Å²) < 4.78 is 48.1. The maximum atomic E-state index is 12.5. The topological polar surface area (TPSA) is 68.3 Å². The Balaban J connectivity index is 2.57. The number of hydrogen-bond donors (Lipinski definition) is 0. The summed E-state index contributed by atoms with van der Waals surface area (Å²) in [5.41, 5.74) is 1.71. The minimum atomic E-state index is -4.22. The van der Waals surface area contributed by atoms with E-state index in [0.29, 0.717) is 0 Å². The van der Waals surface area contributed by atoms with Crippen molar-refractivity contribution in [2.24, 2.45) is 0 Å². The Morgan fingerprint density at radius 3 is 1.12 bits per heavy atom. The van der Waals surface area contributed by atoms with Gasteiger partial charge in [0, 0.05) is 0 Å². The maximum Gasteiger partial charge on any atom is 0.219 e. The smallest absolute Gasteiger partial charge is 0.218 e. The van der Waals surface area contributed by atoms with E-state index in [2.05, 4.69) is 0 Å². The molecule has 2 aromatic carbocycles. The molecule has 24 heavy (non-hydrogen) atoms. The molecule has 2 aromatic rings. The average Bonchev–Trinajstić information content (AvgIpc) is 2.54. The van der Waals surface area contributed by atoms with Gasteiger partial charge in [0.2, 0.25) is 19.7 Å². The molecule has 128 valence electrons. The van der Waals surface area contributed by atoms with Gasteiger partial charge in [-0.25, -0.2) is 16.8 Å². The molecule has 0 aliphatic heterocycles. The fraction of sp³-hybridized carbons (Fsp3) is 0.125. The molecule has 2 rings (SSSR count). The number of halogens is 2. The zero-order valence-electron chi connectivity index (χ0n) is 12.8. The molecular weight excluding hydrogens is 391 g/mol. The van der Waals surface area contributed by atoms with Crippen LogP contribution in [0.3, 0.4) is 0 Å². The number of hydrogen-bond acceptors (Lipinski definition) is 4.